The zero-order valence-corrected chi connectivity index (χ0v) is 18.8. The standard InChI is InChI=1S/C22H37N7/c1-7-22(8-2,27-18(4)19-13-11-10-12-14-19)16-24-21(23-9-3)28(5)15-20-25-17-26-29(20)6/h10-14,17-18,27H,7-9,15-16H2,1-6H3,(H,23,24). The van der Waals surface area contributed by atoms with E-state index in [0.717, 1.165) is 31.2 Å². The van der Waals surface area contributed by atoms with Gasteiger partial charge in [-0.3, -0.25) is 9.67 Å². The van der Waals surface area contributed by atoms with Gasteiger partial charge in [-0.25, -0.2) is 4.98 Å². The molecule has 1 aromatic carbocycles. The maximum Gasteiger partial charge on any atom is 0.194 e. The van der Waals surface area contributed by atoms with Crippen LogP contribution in [0, 0.1) is 0 Å². The van der Waals surface area contributed by atoms with Crippen LogP contribution in [-0.2, 0) is 13.6 Å². The Bertz CT molecular complexity index is 750. The Morgan fingerprint density at radius 2 is 1.90 bits per heavy atom. The van der Waals surface area contributed by atoms with Crippen molar-refractivity contribution >= 4 is 5.96 Å². The molecule has 0 saturated carbocycles. The Hall–Kier alpha value is -2.41. The lowest BCUT2D eigenvalue weighted by molar-refractivity contribution is 0.279. The van der Waals surface area contributed by atoms with Crippen LogP contribution in [0.4, 0.5) is 0 Å². The molecule has 160 valence electrons. The minimum absolute atomic E-state index is 0.0540. The van der Waals surface area contributed by atoms with Crippen molar-refractivity contribution in [1.29, 1.82) is 0 Å². The van der Waals surface area contributed by atoms with Gasteiger partial charge in [0, 0.05) is 32.2 Å². The van der Waals surface area contributed by atoms with Gasteiger partial charge in [0.2, 0.25) is 0 Å². The molecule has 0 saturated heterocycles. The Balaban J connectivity index is 2.14. The molecule has 1 unspecified atom stereocenters. The number of benzene rings is 1. The summed E-state index contributed by atoms with van der Waals surface area (Å²) in [6, 6.07) is 10.9. The van der Waals surface area contributed by atoms with Gasteiger partial charge in [0.05, 0.1) is 13.1 Å². The van der Waals surface area contributed by atoms with E-state index in [0.29, 0.717) is 13.1 Å². The molecular formula is C22H37N7. The van der Waals surface area contributed by atoms with Crippen molar-refractivity contribution in [2.24, 2.45) is 12.0 Å². The Kier molecular flexibility index (Phi) is 8.64. The fourth-order valence-electron chi connectivity index (χ4n) is 3.45. The van der Waals surface area contributed by atoms with E-state index in [9.17, 15) is 0 Å². The summed E-state index contributed by atoms with van der Waals surface area (Å²) in [7, 11) is 3.95. The molecule has 0 aliphatic heterocycles. The van der Waals surface area contributed by atoms with Crippen LogP contribution >= 0.6 is 0 Å². The number of nitrogens with zero attached hydrogens (tertiary/aromatic N) is 5. The van der Waals surface area contributed by atoms with Crippen LogP contribution in [0.5, 0.6) is 0 Å². The predicted octanol–water partition coefficient (Wildman–Crippen LogP) is 3.12. The van der Waals surface area contributed by atoms with Crippen molar-refractivity contribution < 1.29 is 0 Å². The van der Waals surface area contributed by atoms with E-state index in [-0.39, 0.29) is 11.6 Å². The molecular weight excluding hydrogens is 362 g/mol. The molecule has 1 aromatic heterocycles. The molecule has 2 aromatic rings. The SMILES string of the molecule is CCNC(=NCC(CC)(CC)NC(C)c1ccccc1)N(C)Cc1ncnn1C. The second kappa shape index (κ2) is 11.0. The zero-order valence-electron chi connectivity index (χ0n) is 18.8. The van der Waals surface area contributed by atoms with Crippen molar-refractivity contribution in [3.05, 3.63) is 48.0 Å². The number of guanidine groups is 1. The quantitative estimate of drug-likeness (QED) is 0.474. The number of aliphatic imine (C=N–C) groups is 1. The lowest BCUT2D eigenvalue weighted by atomic mass is 9.90. The van der Waals surface area contributed by atoms with Crippen LogP contribution in [0.1, 0.15) is 58.0 Å². The highest BCUT2D eigenvalue weighted by molar-refractivity contribution is 5.79. The van der Waals surface area contributed by atoms with E-state index in [2.05, 4.69) is 83.6 Å². The molecule has 1 atom stereocenters. The van der Waals surface area contributed by atoms with Gasteiger partial charge >= 0.3 is 0 Å². The lowest BCUT2D eigenvalue weighted by Crippen LogP contribution is -2.49. The number of hydrogen-bond acceptors (Lipinski definition) is 4. The van der Waals surface area contributed by atoms with Crippen molar-refractivity contribution in [2.75, 3.05) is 20.1 Å². The molecule has 0 fully saturated rings. The smallest absolute Gasteiger partial charge is 0.194 e. The Morgan fingerprint density at radius 3 is 2.45 bits per heavy atom. The summed E-state index contributed by atoms with van der Waals surface area (Å²) in [5.41, 5.74) is 1.25. The Labute approximate surface area is 175 Å². The molecule has 29 heavy (non-hydrogen) atoms. The number of hydrogen-bond donors (Lipinski definition) is 2. The van der Waals surface area contributed by atoms with E-state index in [1.807, 2.05) is 14.1 Å². The van der Waals surface area contributed by atoms with E-state index < -0.39 is 0 Å². The molecule has 2 N–H and O–H groups in total. The van der Waals surface area contributed by atoms with Crippen LogP contribution in [0.25, 0.3) is 0 Å². The minimum Gasteiger partial charge on any atom is -0.357 e. The van der Waals surface area contributed by atoms with Crippen molar-refractivity contribution in [3.8, 4) is 0 Å². The molecule has 0 aliphatic rings. The maximum absolute atomic E-state index is 5.00. The van der Waals surface area contributed by atoms with Gasteiger partial charge in [0.15, 0.2) is 5.96 Å². The average molecular weight is 400 g/mol. The Morgan fingerprint density at radius 1 is 1.21 bits per heavy atom. The molecule has 0 aliphatic carbocycles. The number of aromatic nitrogens is 3. The normalized spacial score (nSPS) is 13.4. The fourth-order valence-corrected chi connectivity index (χ4v) is 3.45. The highest BCUT2D eigenvalue weighted by Crippen LogP contribution is 2.22. The van der Waals surface area contributed by atoms with E-state index in [1.54, 1.807) is 11.0 Å². The van der Waals surface area contributed by atoms with Gasteiger partial charge in [0.25, 0.3) is 0 Å². The number of rotatable bonds is 10. The van der Waals surface area contributed by atoms with Crippen molar-refractivity contribution in [2.45, 2.75) is 58.7 Å². The second-order valence-corrected chi connectivity index (χ2v) is 7.59. The van der Waals surface area contributed by atoms with Gasteiger partial charge in [-0.15, -0.1) is 0 Å². The monoisotopic (exact) mass is 399 g/mol. The second-order valence-electron chi connectivity index (χ2n) is 7.59. The van der Waals surface area contributed by atoms with Crippen LogP contribution in [0.2, 0.25) is 0 Å². The summed E-state index contributed by atoms with van der Waals surface area (Å²) < 4.78 is 1.80. The third-order valence-corrected chi connectivity index (χ3v) is 5.59. The fraction of sp³-hybridized carbons (Fsp3) is 0.591. The van der Waals surface area contributed by atoms with Gasteiger partial charge in [0.1, 0.15) is 12.2 Å². The molecule has 0 radical (unpaired) electrons. The van der Waals surface area contributed by atoms with E-state index in [1.165, 1.54) is 5.56 Å². The third kappa shape index (κ3) is 6.29. The summed E-state index contributed by atoms with van der Waals surface area (Å²) in [4.78, 5) is 11.4. The van der Waals surface area contributed by atoms with Crippen molar-refractivity contribution in [1.82, 2.24) is 30.3 Å². The first-order valence-corrected chi connectivity index (χ1v) is 10.6. The van der Waals surface area contributed by atoms with Crippen molar-refractivity contribution in [3.63, 3.8) is 0 Å². The largest absolute Gasteiger partial charge is 0.357 e. The highest BCUT2D eigenvalue weighted by Gasteiger charge is 2.28. The molecule has 0 bridgehead atoms. The molecule has 0 amide bonds. The maximum atomic E-state index is 5.00. The van der Waals surface area contributed by atoms with E-state index >= 15 is 0 Å². The van der Waals surface area contributed by atoms with Crippen LogP contribution in [0.3, 0.4) is 0 Å². The predicted molar refractivity (Wildman–Crippen MR) is 120 cm³/mol. The first kappa shape index (κ1) is 22.9. The molecule has 0 spiro atoms. The topological polar surface area (TPSA) is 70.4 Å². The molecule has 1 heterocycles. The van der Waals surface area contributed by atoms with Gasteiger partial charge in [-0.1, -0.05) is 44.2 Å². The summed E-state index contributed by atoms with van der Waals surface area (Å²) in [6.45, 7) is 11.0. The summed E-state index contributed by atoms with van der Waals surface area (Å²) in [5.74, 6) is 1.79. The molecule has 2 rings (SSSR count). The van der Waals surface area contributed by atoms with Gasteiger partial charge < -0.3 is 15.5 Å². The number of aryl methyl sites for hydroxylation is 1. The summed E-state index contributed by atoms with van der Waals surface area (Å²) in [5, 5.41) is 11.4. The van der Waals surface area contributed by atoms with Crippen LogP contribution in [-0.4, -0.2) is 51.3 Å². The zero-order chi connectivity index (χ0) is 21.3. The minimum atomic E-state index is -0.0540. The average Bonchev–Trinajstić information content (AvgIpc) is 3.14. The van der Waals surface area contributed by atoms with Crippen LogP contribution in [0.15, 0.2) is 41.7 Å². The third-order valence-electron chi connectivity index (χ3n) is 5.59. The van der Waals surface area contributed by atoms with E-state index in [4.69, 9.17) is 4.99 Å². The van der Waals surface area contributed by atoms with Crippen LogP contribution < -0.4 is 10.6 Å². The lowest BCUT2D eigenvalue weighted by Gasteiger charge is -2.35. The first-order chi connectivity index (χ1) is 13.9. The summed E-state index contributed by atoms with van der Waals surface area (Å²) in [6.07, 6.45) is 3.61. The number of nitrogens with one attached hydrogen (secondary N) is 2. The molecule has 7 nitrogen and oxygen atoms in total. The molecule has 7 heteroatoms. The van der Waals surface area contributed by atoms with Gasteiger partial charge in [-0.2, -0.15) is 5.10 Å². The first-order valence-electron chi connectivity index (χ1n) is 10.6. The summed E-state index contributed by atoms with van der Waals surface area (Å²) >= 11 is 0. The van der Waals surface area contributed by atoms with Gasteiger partial charge in [-0.05, 0) is 32.3 Å². The highest BCUT2D eigenvalue weighted by atomic mass is 15.4.